The Balaban J connectivity index is 1.49. The normalized spacial score (nSPS) is 13.9. The van der Waals surface area contributed by atoms with Crippen molar-refractivity contribution in [2.75, 3.05) is 0 Å². The maximum atomic E-state index is 5.08. The smallest absolute Gasteiger partial charge is 0.164 e. The van der Waals surface area contributed by atoms with Gasteiger partial charge in [0.2, 0.25) is 0 Å². The molecule has 4 heterocycles. The highest BCUT2D eigenvalue weighted by molar-refractivity contribution is 6.09. The molecule has 0 radical (unpaired) electrons. The number of benzene rings is 4. The molecule has 3 aromatic heterocycles. The van der Waals surface area contributed by atoms with Crippen molar-refractivity contribution < 1.29 is 0 Å². The Bertz CT molecular complexity index is 1960. The summed E-state index contributed by atoms with van der Waals surface area (Å²) < 4.78 is 4.67. The van der Waals surface area contributed by atoms with Gasteiger partial charge in [-0.05, 0) is 47.5 Å². The molecule has 0 saturated carbocycles. The average Bonchev–Trinajstić information content (AvgIpc) is 3.49. The Kier molecular flexibility index (Phi) is 3.94. The summed E-state index contributed by atoms with van der Waals surface area (Å²) in [5, 5.41) is 2.52. The van der Waals surface area contributed by atoms with Crippen LogP contribution in [0.15, 0.2) is 104 Å². The summed E-state index contributed by atoms with van der Waals surface area (Å²) in [5.74, 6) is 0.834. The summed E-state index contributed by atoms with van der Waals surface area (Å²) in [6.07, 6.45) is 3.36. The number of fused-ring (bicyclic) bond motifs is 5. The monoisotopic (exact) mass is 477 g/mol. The molecule has 0 unspecified atom stereocenters. The predicted octanol–water partition coefficient (Wildman–Crippen LogP) is 7.22. The van der Waals surface area contributed by atoms with E-state index in [9.17, 15) is 0 Å². The summed E-state index contributed by atoms with van der Waals surface area (Å²) in [7, 11) is 0. The highest BCUT2D eigenvalue weighted by atomic mass is 15.1. The van der Waals surface area contributed by atoms with E-state index in [-0.39, 0.29) is 5.41 Å². The quantitative estimate of drug-likeness (QED) is 0.264. The third-order valence-electron chi connectivity index (χ3n) is 7.89. The molecule has 0 fully saturated rings. The van der Waals surface area contributed by atoms with E-state index in [1.807, 2.05) is 6.07 Å². The van der Waals surface area contributed by atoms with E-state index < -0.39 is 0 Å². The molecule has 1 aliphatic rings. The van der Waals surface area contributed by atoms with Crippen LogP contribution in [0.2, 0.25) is 0 Å². The highest BCUT2D eigenvalue weighted by Gasteiger charge is 2.36. The van der Waals surface area contributed by atoms with Gasteiger partial charge in [0.05, 0.1) is 27.8 Å². The van der Waals surface area contributed by atoms with E-state index in [0.717, 1.165) is 33.9 Å². The molecule has 0 aliphatic carbocycles. The van der Waals surface area contributed by atoms with Crippen LogP contribution in [0, 0.1) is 0 Å². The van der Waals surface area contributed by atoms with Crippen LogP contribution in [-0.4, -0.2) is 24.1 Å². The average molecular weight is 478 g/mol. The molecule has 0 amide bonds. The maximum absolute atomic E-state index is 5.08. The molecule has 37 heavy (non-hydrogen) atoms. The zero-order chi connectivity index (χ0) is 24.7. The lowest BCUT2D eigenvalue weighted by molar-refractivity contribution is 0.628. The van der Waals surface area contributed by atoms with Crippen LogP contribution in [0.4, 0.5) is 0 Å². The first-order chi connectivity index (χ1) is 18.1. The van der Waals surface area contributed by atoms with Crippen molar-refractivity contribution in [1.82, 2.24) is 24.1 Å². The molecule has 0 spiro atoms. The zero-order valence-electron chi connectivity index (χ0n) is 20.6. The fraction of sp³-hybridized carbons (Fsp3) is 0.0938. The van der Waals surface area contributed by atoms with Crippen LogP contribution in [0.1, 0.15) is 25.0 Å². The van der Waals surface area contributed by atoms with Gasteiger partial charge in [-0.1, -0.05) is 68.4 Å². The van der Waals surface area contributed by atoms with Crippen LogP contribution < -0.4 is 0 Å². The van der Waals surface area contributed by atoms with Gasteiger partial charge in [0.25, 0.3) is 0 Å². The fourth-order valence-electron chi connectivity index (χ4n) is 6.18. The van der Waals surface area contributed by atoms with E-state index >= 15 is 0 Å². The number of para-hydroxylation sites is 3. The van der Waals surface area contributed by atoms with Gasteiger partial charge in [-0.3, -0.25) is 4.57 Å². The minimum Gasteiger partial charge on any atom is -0.309 e. The van der Waals surface area contributed by atoms with Gasteiger partial charge in [-0.15, -0.1) is 0 Å². The van der Waals surface area contributed by atoms with Crippen molar-refractivity contribution in [2.24, 2.45) is 0 Å². The topological polar surface area (TPSA) is 48.5 Å². The molecule has 0 saturated heterocycles. The second kappa shape index (κ2) is 7.14. The number of hydrogen-bond donors (Lipinski definition) is 0. The Morgan fingerprint density at radius 2 is 1.46 bits per heavy atom. The summed E-state index contributed by atoms with van der Waals surface area (Å²) >= 11 is 0. The van der Waals surface area contributed by atoms with Crippen LogP contribution in [0.3, 0.4) is 0 Å². The van der Waals surface area contributed by atoms with E-state index in [4.69, 9.17) is 4.98 Å². The molecule has 8 rings (SSSR count). The molecular formula is C32H23N5. The number of rotatable bonds is 2. The number of aromatic nitrogens is 5. The summed E-state index contributed by atoms with van der Waals surface area (Å²) in [5.41, 5.74) is 9.97. The maximum Gasteiger partial charge on any atom is 0.164 e. The van der Waals surface area contributed by atoms with E-state index in [1.54, 1.807) is 12.5 Å². The molecule has 0 atom stereocenters. The van der Waals surface area contributed by atoms with E-state index in [2.05, 4.69) is 118 Å². The minimum atomic E-state index is -0.173. The van der Waals surface area contributed by atoms with Gasteiger partial charge >= 0.3 is 0 Å². The van der Waals surface area contributed by atoms with Crippen LogP contribution in [0.25, 0.3) is 55.7 Å². The molecule has 0 bridgehead atoms. The van der Waals surface area contributed by atoms with E-state index in [0.29, 0.717) is 0 Å². The lowest BCUT2D eigenvalue weighted by atomic mass is 9.74. The van der Waals surface area contributed by atoms with Crippen molar-refractivity contribution in [1.29, 1.82) is 0 Å². The first kappa shape index (κ1) is 20.4. The van der Waals surface area contributed by atoms with Crippen LogP contribution >= 0.6 is 0 Å². The lowest BCUT2D eigenvalue weighted by Crippen LogP contribution is -2.26. The molecular weight excluding hydrogens is 454 g/mol. The van der Waals surface area contributed by atoms with Crippen molar-refractivity contribution in [2.45, 2.75) is 19.3 Å². The molecule has 1 aliphatic heterocycles. The number of imidazole rings is 1. The summed E-state index contributed by atoms with van der Waals surface area (Å²) in [6, 6.07) is 32.5. The summed E-state index contributed by atoms with van der Waals surface area (Å²) in [6.45, 7) is 4.61. The molecule has 5 nitrogen and oxygen atoms in total. The first-order valence-electron chi connectivity index (χ1n) is 12.5. The van der Waals surface area contributed by atoms with Crippen LogP contribution in [-0.2, 0) is 5.41 Å². The molecule has 4 aromatic carbocycles. The van der Waals surface area contributed by atoms with Crippen LogP contribution in [0.5, 0.6) is 0 Å². The zero-order valence-corrected chi connectivity index (χ0v) is 20.6. The van der Waals surface area contributed by atoms with E-state index in [1.165, 1.54) is 32.9 Å². The molecule has 7 aromatic rings. The van der Waals surface area contributed by atoms with Gasteiger partial charge in [0.1, 0.15) is 12.0 Å². The van der Waals surface area contributed by atoms with Gasteiger partial charge in [0.15, 0.2) is 5.82 Å². The highest BCUT2D eigenvalue weighted by Crippen LogP contribution is 2.46. The third kappa shape index (κ3) is 2.66. The number of hydrogen-bond acceptors (Lipinski definition) is 3. The van der Waals surface area contributed by atoms with Crippen molar-refractivity contribution in [3.05, 3.63) is 115 Å². The standard InChI is InChI=1S/C32H23N5/c1-32(2)23-15-14-20(36-27-12-5-3-8-21(27)22-9-4-6-13-28(22)36)18-29(23)37-30-24(32)10-7-11-25(30)35-31(37)26-16-17-33-19-34-26/h3-19H,1-2H3. The molecule has 5 heteroatoms. The Morgan fingerprint density at radius 1 is 0.703 bits per heavy atom. The van der Waals surface area contributed by atoms with Gasteiger partial charge in [0, 0.05) is 28.1 Å². The SMILES string of the molecule is CC1(C)c2ccc(-n3c4ccccc4c4ccccc43)cc2-n2c(-c3ccncn3)nc3cccc1c32. The lowest BCUT2D eigenvalue weighted by Gasteiger charge is -2.34. The summed E-state index contributed by atoms with van der Waals surface area (Å²) in [4.78, 5) is 13.8. The predicted molar refractivity (Wildman–Crippen MR) is 149 cm³/mol. The largest absolute Gasteiger partial charge is 0.309 e. The first-order valence-corrected chi connectivity index (χ1v) is 12.5. The third-order valence-corrected chi connectivity index (χ3v) is 7.89. The Labute approximate surface area is 213 Å². The van der Waals surface area contributed by atoms with Crippen molar-refractivity contribution in [3.63, 3.8) is 0 Å². The second-order valence-electron chi connectivity index (χ2n) is 10.2. The molecule has 176 valence electrons. The number of nitrogens with zero attached hydrogens (tertiary/aromatic N) is 5. The minimum absolute atomic E-state index is 0.173. The van der Waals surface area contributed by atoms with Crippen molar-refractivity contribution >= 4 is 32.8 Å². The Morgan fingerprint density at radius 3 is 2.19 bits per heavy atom. The second-order valence-corrected chi connectivity index (χ2v) is 10.2. The Hall–Kier alpha value is -4.77. The fourth-order valence-corrected chi connectivity index (χ4v) is 6.18. The van der Waals surface area contributed by atoms with Gasteiger partial charge < -0.3 is 4.57 Å². The van der Waals surface area contributed by atoms with Gasteiger partial charge in [-0.25, -0.2) is 15.0 Å². The van der Waals surface area contributed by atoms with Crippen molar-refractivity contribution in [3.8, 4) is 22.9 Å². The molecule has 0 N–H and O–H groups in total. The van der Waals surface area contributed by atoms with Gasteiger partial charge in [-0.2, -0.15) is 0 Å².